The number of fused-ring (bicyclic) bond motifs is 1. The fourth-order valence-corrected chi connectivity index (χ4v) is 4.18. The molecule has 1 fully saturated rings. The van der Waals surface area contributed by atoms with Crippen molar-refractivity contribution in [3.63, 3.8) is 0 Å². The van der Waals surface area contributed by atoms with E-state index in [-0.39, 0.29) is 11.9 Å². The summed E-state index contributed by atoms with van der Waals surface area (Å²) in [5.74, 6) is 1.59. The van der Waals surface area contributed by atoms with Crippen LogP contribution >= 0.6 is 0 Å². The number of rotatable bonds is 3. The van der Waals surface area contributed by atoms with Crippen molar-refractivity contribution in [2.75, 3.05) is 23.7 Å². The van der Waals surface area contributed by atoms with Gasteiger partial charge in [-0.1, -0.05) is 12.1 Å². The number of ether oxygens (including phenoxy) is 2. The Bertz CT molecular complexity index is 821. The highest BCUT2D eigenvalue weighted by molar-refractivity contribution is 7.92. The van der Waals surface area contributed by atoms with Gasteiger partial charge < -0.3 is 14.0 Å². The Kier molecular flexibility index (Phi) is 3.97. The molecular formula is C17H20N2O4S. The molecule has 1 aromatic carbocycles. The number of nitrogens with zero attached hydrogens (tertiary/aromatic N) is 1. The van der Waals surface area contributed by atoms with Crippen molar-refractivity contribution in [2.45, 2.75) is 25.5 Å². The molecule has 0 saturated carbocycles. The van der Waals surface area contributed by atoms with Gasteiger partial charge in [0.05, 0.1) is 19.0 Å². The first kappa shape index (κ1) is 15.5. The highest BCUT2D eigenvalue weighted by Crippen LogP contribution is 2.33. The van der Waals surface area contributed by atoms with E-state index in [9.17, 15) is 8.42 Å². The summed E-state index contributed by atoms with van der Waals surface area (Å²) in [5, 5.41) is 0. The van der Waals surface area contributed by atoms with Crippen LogP contribution in [-0.2, 0) is 21.3 Å². The largest absolute Gasteiger partial charge is 0.490 e. The summed E-state index contributed by atoms with van der Waals surface area (Å²) in [5.41, 5.74) is 1.85. The first-order valence-corrected chi connectivity index (χ1v) is 9.80. The SMILES string of the molecule is O=S1(=O)CCn2ccc(-c3ccc(OC4CCOCC4)cc3)c2N1. The molecule has 7 heteroatoms. The lowest BCUT2D eigenvalue weighted by atomic mass is 10.1. The minimum Gasteiger partial charge on any atom is -0.490 e. The minimum absolute atomic E-state index is 0.117. The van der Waals surface area contributed by atoms with Gasteiger partial charge in [-0.2, -0.15) is 0 Å². The zero-order valence-corrected chi connectivity index (χ0v) is 14.1. The molecule has 4 rings (SSSR count). The van der Waals surface area contributed by atoms with Gasteiger partial charge >= 0.3 is 0 Å². The monoisotopic (exact) mass is 348 g/mol. The first-order valence-electron chi connectivity index (χ1n) is 8.15. The van der Waals surface area contributed by atoms with Crippen LogP contribution in [0.25, 0.3) is 11.1 Å². The molecule has 0 unspecified atom stereocenters. The van der Waals surface area contributed by atoms with E-state index < -0.39 is 10.0 Å². The number of aryl methyl sites for hydroxylation is 1. The van der Waals surface area contributed by atoms with Crippen LogP contribution < -0.4 is 9.46 Å². The quantitative estimate of drug-likeness (QED) is 0.925. The third-order valence-corrected chi connectivity index (χ3v) is 5.68. The molecule has 0 aliphatic carbocycles. The summed E-state index contributed by atoms with van der Waals surface area (Å²) in [4.78, 5) is 0. The van der Waals surface area contributed by atoms with Crippen molar-refractivity contribution in [1.82, 2.24) is 4.57 Å². The smallest absolute Gasteiger partial charge is 0.235 e. The van der Waals surface area contributed by atoms with Crippen LogP contribution in [0.15, 0.2) is 36.5 Å². The van der Waals surface area contributed by atoms with Crippen LogP contribution in [0.3, 0.4) is 0 Å². The first-order chi connectivity index (χ1) is 11.6. The van der Waals surface area contributed by atoms with Crippen LogP contribution in [0.4, 0.5) is 5.82 Å². The van der Waals surface area contributed by atoms with Crippen LogP contribution in [0, 0.1) is 0 Å². The Balaban J connectivity index is 1.54. The van der Waals surface area contributed by atoms with Crippen molar-refractivity contribution >= 4 is 15.8 Å². The van der Waals surface area contributed by atoms with Gasteiger partial charge in [-0.05, 0) is 23.8 Å². The Labute approximate surface area is 141 Å². The molecule has 1 N–H and O–H groups in total. The van der Waals surface area contributed by atoms with E-state index in [2.05, 4.69) is 4.72 Å². The maximum atomic E-state index is 11.8. The van der Waals surface area contributed by atoms with Gasteiger partial charge in [0.25, 0.3) is 0 Å². The number of hydrogen-bond acceptors (Lipinski definition) is 4. The molecule has 128 valence electrons. The third kappa shape index (κ3) is 3.14. The number of anilines is 1. The molecular weight excluding hydrogens is 328 g/mol. The molecule has 1 saturated heterocycles. The van der Waals surface area contributed by atoms with Gasteiger partial charge in [0, 0.05) is 31.1 Å². The second-order valence-electron chi connectivity index (χ2n) is 6.15. The molecule has 2 aromatic rings. The molecule has 0 bridgehead atoms. The average Bonchev–Trinajstić information content (AvgIpc) is 2.98. The Morgan fingerprint density at radius 2 is 1.88 bits per heavy atom. The summed E-state index contributed by atoms with van der Waals surface area (Å²) >= 11 is 0. The standard InChI is InChI=1S/C17H20N2O4S/c20-24(21)12-9-19-8-5-16(17(19)18-24)13-1-3-14(4-2-13)23-15-6-10-22-11-7-15/h1-5,8,15,18H,6-7,9-12H2. The zero-order chi connectivity index (χ0) is 16.6. The maximum Gasteiger partial charge on any atom is 0.235 e. The lowest BCUT2D eigenvalue weighted by molar-refractivity contribution is 0.0256. The van der Waals surface area contributed by atoms with E-state index in [1.165, 1.54) is 0 Å². The number of aromatic nitrogens is 1. The normalized spacial score (nSPS) is 20.2. The Morgan fingerprint density at radius 1 is 1.12 bits per heavy atom. The van der Waals surface area contributed by atoms with Gasteiger partial charge in [0.1, 0.15) is 17.7 Å². The fourth-order valence-electron chi connectivity index (χ4n) is 3.12. The molecule has 2 aliphatic rings. The molecule has 0 radical (unpaired) electrons. The van der Waals surface area contributed by atoms with E-state index in [1.54, 1.807) is 0 Å². The summed E-state index contributed by atoms with van der Waals surface area (Å²) in [7, 11) is -3.23. The summed E-state index contributed by atoms with van der Waals surface area (Å²) < 4.78 is 39.5. The van der Waals surface area contributed by atoms with E-state index >= 15 is 0 Å². The average molecular weight is 348 g/mol. The maximum absolute atomic E-state index is 11.8. The number of hydrogen-bond donors (Lipinski definition) is 1. The summed E-state index contributed by atoms with van der Waals surface area (Å²) in [6.45, 7) is 1.98. The Hall–Kier alpha value is -1.99. The number of sulfonamides is 1. The van der Waals surface area contributed by atoms with Crippen LogP contribution in [0.2, 0.25) is 0 Å². The van der Waals surface area contributed by atoms with Crippen molar-refractivity contribution in [2.24, 2.45) is 0 Å². The highest BCUT2D eigenvalue weighted by Gasteiger charge is 2.23. The summed E-state index contributed by atoms with van der Waals surface area (Å²) in [6, 6.07) is 9.75. The van der Waals surface area contributed by atoms with Crippen molar-refractivity contribution in [1.29, 1.82) is 0 Å². The van der Waals surface area contributed by atoms with Gasteiger partial charge in [-0.25, -0.2) is 8.42 Å². The lowest BCUT2D eigenvalue weighted by Gasteiger charge is -2.23. The van der Waals surface area contributed by atoms with Gasteiger partial charge in [0.15, 0.2) is 0 Å². The van der Waals surface area contributed by atoms with Crippen LogP contribution in [0.1, 0.15) is 12.8 Å². The van der Waals surface area contributed by atoms with E-state index in [0.29, 0.717) is 12.4 Å². The van der Waals surface area contributed by atoms with Crippen molar-refractivity contribution in [3.8, 4) is 16.9 Å². The Morgan fingerprint density at radius 3 is 2.62 bits per heavy atom. The lowest BCUT2D eigenvalue weighted by Crippen LogP contribution is -2.27. The second kappa shape index (κ2) is 6.14. The topological polar surface area (TPSA) is 69.6 Å². The van der Waals surface area contributed by atoms with E-state index in [1.807, 2.05) is 41.1 Å². The zero-order valence-electron chi connectivity index (χ0n) is 13.3. The molecule has 24 heavy (non-hydrogen) atoms. The third-order valence-electron chi connectivity index (χ3n) is 4.45. The van der Waals surface area contributed by atoms with Crippen LogP contribution in [-0.4, -0.2) is 38.1 Å². The molecule has 1 aromatic heterocycles. The minimum atomic E-state index is -3.23. The molecule has 0 amide bonds. The van der Waals surface area contributed by atoms with Gasteiger partial charge in [-0.3, -0.25) is 4.72 Å². The molecule has 0 spiro atoms. The van der Waals surface area contributed by atoms with Crippen molar-refractivity contribution < 1.29 is 17.9 Å². The van der Waals surface area contributed by atoms with E-state index in [4.69, 9.17) is 9.47 Å². The number of benzene rings is 1. The van der Waals surface area contributed by atoms with Crippen molar-refractivity contribution in [3.05, 3.63) is 36.5 Å². The summed E-state index contributed by atoms with van der Waals surface area (Å²) in [6.07, 6.45) is 3.95. The van der Waals surface area contributed by atoms with Gasteiger partial charge in [0.2, 0.25) is 10.0 Å². The predicted molar refractivity (Wildman–Crippen MR) is 91.7 cm³/mol. The van der Waals surface area contributed by atoms with Gasteiger partial charge in [-0.15, -0.1) is 0 Å². The highest BCUT2D eigenvalue weighted by atomic mass is 32.2. The molecule has 6 nitrogen and oxygen atoms in total. The fraction of sp³-hybridized carbons (Fsp3) is 0.412. The number of nitrogens with one attached hydrogen (secondary N) is 1. The predicted octanol–water partition coefficient (Wildman–Crippen LogP) is 2.47. The molecule has 2 aliphatic heterocycles. The second-order valence-corrected chi connectivity index (χ2v) is 7.99. The van der Waals surface area contributed by atoms with Crippen LogP contribution in [0.5, 0.6) is 5.75 Å². The molecule has 3 heterocycles. The molecule has 0 atom stereocenters. The van der Waals surface area contributed by atoms with E-state index in [0.717, 1.165) is 42.9 Å².